The molecule has 3 aromatic carbocycles. The minimum Gasteiger partial charge on any atom is -0.493 e. The second kappa shape index (κ2) is 8.94. The Bertz CT molecular complexity index is 1150. The van der Waals surface area contributed by atoms with Gasteiger partial charge in [0.2, 0.25) is 5.91 Å². The van der Waals surface area contributed by atoms with Crippen molar-refractivity contribution in [2.45, 2.75) is 19.8 Å². The van der Waals surface area contributed by atoms with Crippen molar-refractivity contribution in [2.24, 2.45) is 0 Å². The predicted octanol–water partition coefficient (Wildman–Crippen LogP) is 5.26. The molecule has 1 aliphatic rings. The first kappa shape index (κ1) is 21.1. The third-order valence-corrected chi connectivity index (χ3v) is 5.64. The zero-order valence-corrected chi connectivity index (χ0v) is 17.9. The third kappa shape index (κ3) is 4.21. The lowest BCUT2D eigenvalue weighted by Crippen LogP contribution is -2.42. The second-order valence-electron chi connectivity index (χ2n) is 7.33. The maximum absolute atomic E-state index is 13.9. The number of likely N-dealkylation sites (tertiary alicyclic amines) is 1. The molecule has 0 radical (unpaired) electrons. The van der Waals surface area contributed by atoms with E-state index < -0.39 is 5.82 Å². The minimum absolute atomic E-state index is 0.0195. The van der Waals surface area contributed by atoms with Gasteiger partial charge in [-0.25, -0.2) is 4.39 Å². The summed E-state index contributed by atoms with van der Waals surface area (Å²) in [6, 6.07) is 15.3. The quantitative estimate of drug-likeness (QED) is 0.525. The average molecular weight is 441 g/mol. The molecule has 5 nitrogen and oxygen atoms in total. The van der Waals surface area contributed by atoms with Gasteiger partial charge in [0.1, 0.15) is 18.2 Å². The van der Waals surface area contributed by atoms with Crippen molar-refractivity contribution in [2.75, 3.05) is 24.7 Å². The lowest BCUT2D eigenvalue weighted by atomic mass is 10.0. The van der Waals surface area contributed by atoms with Crippen LogP contribution in [0.5, 0.6) is 5.75 Å². The summed E-state index contributed by atoms with van der Waals surface area (Å²) in [5.74, 6) is -0.482. The molecule has 0 aromatic heterocycles. The molecule has 0 bridgehead atoms. The van der Waals surface area contributed by atoms with Gasteiger partial charge in [-0.05, 0) is 48.4 Å². The Morgan fingerprint density at radius 2 is 2.00 bits per heavy atom. The standard InChI is InChI=1S/C24H22ClFN2O3/c1-2-31-21-12-9-16-6-3-4-7-18(16)23(21)24(30)28(15-27-13-5-8-22(27)29)17-10-11-20(26)19(25)14-17/h3-4,6-7,9-12,14H,2,5,8,13,15H2,1H3. The van der Waals surface area contributed by atoms with E-state index in [4.69, 9.17) is 16.3 Å². The van der Waals surface area contributed by atoms with Crippen molar-refractivity contribution < 1.29 is 18.7 Å². The summed E-state index contributed by atoms with van der Waals surface area (Å²) in [4.78, 5) is 29.3. The van der Waals surface area contributed by atoms with Crippen LogP contribution in [0.1, 0.15) is 30.1 Å². The largest absolute Gasteiger partial charge is 0.493 e. The Labute approximate surface area is 185 Å². The molecule has 1 fully saturated rings. The van der Waals surface area contributed by atoms with E-state index in [1.165, 1.54) is 23.1 Å². The maximum Gasteiger partial charge on any atom is 0.264 e. The predicted molar refractivity (Wildman–Crippen MR) is 119 cm³/mol. The smallest absolute Gasteiger partial charge is 0.264 e. The molecule has 2 amide bonds. The lowest BCUT2D eigenvalue weighted by molar-refractivity contribution is -0.127. The number of anilines is 1. The van der Waals surface area contributed by atoms with Gasteiger partial charge in [-0.2, -0.15) is 0 Å². The molecule has 0 atom stereocenters. The molecule has 1 saturated heterocycles. The highest BCUT2D eigenvalue weighted by Gasteiger charge is 2.29. The number of hydrogen-bond acceptors (Lipinski definition) is 3. The van der Waals surface area contributed by atoms with Gasteiger partial charge >= 0.3 is 0 Å². The van der Waals surface area contributed by atoms with Crippen LogP contribution >= 0.6 is 11.6 Å². The molecule has 1 aliphatic heterocycles. The SMILES string of the molecule is CCOc1ccc2ccccc2c1C(=O)N(CN1CCCC1=O)c1ccc(F)c(Cl)c1. The number of carbonyl (C=O) groups excluding carboxylic acids is 2. The first-order valence-corrected chi connectivity index (χ1v) is 10.6. The topological polar surface area (TPSA) is 49.9 Å². The molecule has 7 heteroatoms. The van der Waals surface area contributed by atoms with Gasteiger partial charge in [-0.3, -0.25) is 14.5 Å². The number of ether oxygens (including phenoxy) is 1. The van der Waals surface area contributed by atoms with Gasteiger partial charge in [-0.15, -0.1) is 0 Å². The van der Waals surface area contributed by atoms with Crippen molar-refractivity contribution >= 4 is 39.9 Å². The van der Waals surface area contributed by atoms with Crippen LogP contribution in [0.15, 0.2) is 54.6 Å². The van der Waals surface area contributed by atoms with E-state index >= 15 is 0 Å². The molecule has 0 aliphatic carbocycles. The van der Waals surface area contributed by atoms with Crippen molar-refractivity contribution in [3.63, 3.8) is 0 Å². The van der Waals surface area contributed by atoms with Crippen molar-refractivity contribution in [1.29, 1.82) is 0 Å². The number of rotatable bonds is 6. The van der Waals surface area contributed by atoms with Crippen molar-refractivity contribution in [3.8, 4) is 5.75 Å². The normalized spacial score (nSPS) is 13.6. The van der Waals surface area contributed by atoms with Crippen LogP contribution in [-0.2, 0) is 4.79 Å². The van der Waals surface area contributed by atoms with Crippen LogP contribution < -0.4 is 9.64 Å². The van der Waals surface area contributed by atoms with Gasteiger partial charge in [-0.1, -0.05) is 41.9 Å². The molecular formula is C24H22ClFN2O3. The summed E-state index contributed by atoms with van der Waals surface area (Å²) in [5, 5.41) is 1.54. The Kier molecular flexibility index (Phi) is 6.09. The van der Waals surface area contributed by atoms with Crippen LogP contribution in [0.25, 0.3) is 10.8 Å². The van der Waals surface area contributed by atoms with Crippen LogP contribution in [0, 0.1) is 5.82 Å². The lowest BCUT2D eigenvalue weighted by Gasteiger charge is -2.29. The maximum atomic E-state index is 13.9. The molecule has 31 heavy (non-hydrogen) atoms. The van der Waals surface area contributed by atoms with Crippen molar-refractivity contribution in [3.05, 3.63) is 71.0 Å². The summed E-state index contributed by atoms with van der Waals surface area (Å²) in [6.07, 6.45) is 1.19. The Morgan fingerprint density at radius 1 is 1.19 bits per heavy atom. The number of fused-ring (bicyclic) bond motifs is 1. The van der Waals surface area contributed by atoms with Crippen LogP contribution in [-0.4, -0.2) is 36.5 Å². The Balaban J connectivity index is 1.84. The van der Waals surface area contributed by atoms with Gasteiger partial charge < -0.3 is 9.64 Å². The highest BCUT2D eigenvalue weighted by Crippen LogP contribution is 2.32. The number of halogens is 2. The van der Waals surface area contributed by atoms with Gasteiger partial charge in [0.15, 0.2) is 0 Å². The fourth-order valence-corrected chi connectivity index (χ4v) is 4.00. The number of benzene rings is 3. The van der Waals surface area contributed by atoms with Crippen LogP contribution in [0.2, 0.25) is 5.02 Å². The summed E-state index contributed by atoms with van der Waals surface area (Å²) < 4.78 is 19.6. The van der Waals surface area contributed by atoms with E-state index in [0.29, 0.717) is 36.6 Å². The fourth-order valence-electron chi connectivity index (χ4n) is 3.82. The average Bonchev–Trinajstić information content (AvgIpc) is 3.18. The monoisotopic (exact) mass is 440 g/mol. The second-order valence-corrected chi connectivity index (χ2v) is 7.73. The van der Waals surface area contributed by atoms with E-state index in [1.807, 2.05) is 37.3 Å². The molecule has 160 valence electrons. The molecule has 4 rings (SSSR count). The van der Waals surface area contributed by atoms with Crippen LogP contribution in [0.4, 0.5) is 10.1 Å². The summed E-state index contributed by atoms with van der Waals surface area (Å²) >= 11 is 6.01. The van der Waals surface area contributed by atoms with Gasteiger partial charge in [0.05, 0.1) is 17.2 Å². The number of nitrogens with zero attached hydrogens (tertiary/aromatic N) is 2. The number of carbonyl (C=O) groups is 2. The zero-order valence-electron chi connectivity index (χ0n) is 17.1. The summed E-state index contributed by atoms with van der Waals surface area (Å²) in [5.41, 5.74) is 0.804. The van der Waals surface area contributed by atoms with Gasteiger partial charge in [0, 0.05) is 18.7 Å². The van der Waals surface area contributed by atoms with Crippen LogP contribution in [0.3, 0.4) is 0 Å². The number of hydrogen-bond donors (Lipinski definition) is 0. The highest BCUT2D eigenvalue weighted by atomic mass is 35.5. The summed E-state index contributed by atoms with van der Waals surface area (Å²) in [7, 11) is 0. The molecule has 0 unspecified atom stereocenters. The van der Waals surface area contributed by atoms with E-state index in [0.717, 1.165) is 17.2 Å². The van der Waals surface area contributed by atoms with E-state index in [-0.39, 0.29) is 23.5 Å². The Hall–Kier alpha value is -3.12. The third-order valence-electron chi connectivity index (χ3n) is 5.35. The Morgan fingerprint density at radius 3 is 2.71 bits per heavy atom. The highest BCUT2D eigenvalue weighted by molar-refractivity contribution is 6.31. The molecular weight excluding hydrogens is 419 g/mol. The summed E-state index contributed by atoms with van der Waals surface area (Å²) in [6.45, 7) is 2.86. The number of amides is 2. The molecule has 0 spiro atoms. The zero-order chi connectivity index (χ0) is 22.0. The molecule has 3 aromatic rings. The molecule has 1 heterocycles. The van der Waals surface area contributed by atoms with E-state index in [2.05, 4.69) is 0 Å². The fraction of sp³-hybridized carbons (Fsp3) is 0.250. The van der Waals surface area contributed by atoms with Gasteiger partial charge in [0.25, 0.3) is 5.91 Å². The van der Waals surface area contributed by atoms with E-state index in [9.17, 15) is 14.0 Å². The first-order valence-electron chi connectivity index (χ1n) is 10.2. The first-order chi connectivity index (χ1) is 15.0. The van der Waals surface area contributed by atoms with E-state index in [1.54, 1.807) is 11.0 Å². The minimum atomic E-state index is -0.574. The molecule has 0 N–H and O–H groups in total. The van der Waals surface area contributed by atoms with Crippen molar-refractivity contribution in [1.82, 2.24) is 4.90 Å². The molecule has 0 saturated carbocycles.